The molecule has 1 aliphatic rings. The second kappa shape index (κ2) is 7.41. The quantitative estimate of drug-likeness (QED) is 0.722. The lowest BCUT2D eigenvalue weighted by atomic mass is 10.1. The van der Waals surface area contributed by atoms with Gasteiger partial charge in [0, 0.05) is 11.6 Å². The zero-order valence-corrected chi connectivity index (χ0v) is 14.7. The van der Waals surface area contributed by atoms with Crippen molar-refractivity contribution in [2.75, 3.05) is 13.4 Å². The summed E-state index contributed by atoms with van der Waals surface area (Å²) in [5.74, 6) is 2.40. The molecule has 0 radical (unpaired) electrons. The number of rotatable bonds is 6. The van der Waals surface area contributed by atoms with Crippen molar-refractivity contribution in [3.05, 3.63) is 59.8 Å². The van der Waals surface area contributed by atoms with Gasteiger partial charge in [0.25, 0.3) is 5.91 Å². The first-order chi connectivity index (χ1) is 13.2. The van der Waals surface area contributed by atoms with Crippen LogP contribution < -0.4 is 19.5 Å². The van der Waals surface area contributed by atoms with Gasteiger partial charge in [-0.25, -0.2) is 0 Å². The van der Waals surface area contributed by atoms with Crippen molar-refractivity contribution in [2.45, 2.75) is 13.5 Å². The maximum Gasteiger partial charge on any atom is 0.258 e. The Morgan fingerprint density at radius 3 is 2.93 bits per heavy atom. The average Bonchev–Trinajstić information content (AvgIpc) is 3.33. The van der Waals surface area contributed by atoms with Crippen LogP contribution in [-0.2, 0) is 11.3 Å². The Bertz CT molecular complexity index is 967. The highest BCUT2D eigenvalue weighted by atomic mass is 16.7. The zero-order chi connectivity index (χ0) is 18.6. The van der Waals surface area contributed by atoms with Gasteiger partial charge in [-0.3, -0.25) is 4.79 Å². The molecule has 27 heavy (non-hydrogen) atoms. The van der Waals surface area contributed by atoms with E-state index in [1.165, 1.54) is 0 Å². The number of nitrogens with zero attached hydrogens (tertiary/aromatic N) is 1. The van der Waals surface area contributed by atoms with E-state index in [-0.39, 0.29) is 25.9 Å². The number of nitrogens with one attached hydrogen (secondary N) is 1. The Hall–Kier alpha value is -3.48. The molecule has 0 atom stereocenters. The molecule has 0 spiro atoms. The van der Waals surface area contributed by atoms with Crippen molar-refractivity contribution in [3.8, 4) is 28.6 Å². The van der Waals surface area contributed by atoms with Gasteiger partial charge in [0.2, 0.25) is 6.79 Å². The molecule has 0 aliphatic carbocycles. The number of ether oxygens (including phenoxy) is 3. The molecule has 0 bridgehead atoms. The maximum atomic E-state index is 12.0. The smallest absolute Gasteiger partial charge is 0.258 e. The average molecular weight is 366 g/mol. The number of fused-ring (bicyclic) bond motifs is 1. The summed E-state index contributed by atoms with van der Waals surface area (Å²) < 4.78 is 21.5. The minimum Gasteiger partial charge on any atom is -0.484 e. The number of aryl methyl sites for hydroxylation is 1. The number of amides is 1. The van der Waals surface area contributed by atoms with Crippen LogP contribution in [0.15, 0.2) is 53.1 Å². The molecule has 1 aliphatic heterocycles. The first-order valence-electron chi connectivity index (χ1n) is 8.49. The molecule has 0 saturated carbocycles. The Morgan fingerprint density at radius 1 is 1.15 bits per heavy atom. The second-order valence-corrected chi connectivity index (χ2v) is 6.13. The predicted molar refractivity (Wildman–Crippen MR) is 96.6 cm³/mol. The summed E-state index contributed by atoms with van der Waals surface area (Å²) in [6.45, 7) is 2.38. The van der Waals surface area contributed by atoms with Crippen molar-refractivity contribution in [1.29, 1.82) is 0 Å². The van der Waals surface area contributed by atoms with E-state index in [1.54, 1.807) is 6.07 Å². The molecule has 0 unspecified atom stereocenters. The van der Waals surface area contributed by atoms with E-state index in [1.807, 2.05) is 49.4 Å². The fourth-order valence-electron chi connectivity index (χ4n) is 2.68. The van der Waals surface area contributed by atoms with Crippen molar-refractivity contribution < 1.29 is 23.5 Å². The summed E-state index contributed by atoms with van der Waals surface area (Å²) in [6, 6.07) is 14.8. The number of carbonyl (C=O) groups excluding carboxylic acids is 1. The summed E-state index contributed by atoms with van der Waals surface area (Å²) in [7, 11) is 0. The molecular weight excluding hydrogens is 348 g/mol. The molecule has 2 aromatic carbocycles. The summed E-state index contributed by atoms with van der Waals surface area (Å²) in [4.78, 5) is 12.0. The van der Waals surface area contributed by atoms with Crippen molar-refractivity contribution in [2.24, 2.45) is 0 Å². The van der Waals surface area contributed by atoms with Gasteiger partial charge in [0.15, 0.2) is 23.9 Å². The monoisotopic (exact) mass is 366 g/mol. The van der Waals surface area contributed by atoms with E-state index in [0.717, 1.165) is 11.1 Å². The van der Waals surface area contributed by atoms with E-state index >= 15 is 0 Å². The molecule has 7 nitrogen and oxygen atoms in total. The number of hydrogen-bond donors (Lipinski definition) is 1. The lowest BCUT2D eigenvalue weighted by Crippen LogP contribution is -2.28. The third kappa shape index (κ3) is 4.03. The van der Waals surface area contributed by atoms with E-state index < -0.39 is 0 Å². The van der Waals surface area contributed by atoms with Crippen LogP contribution >= 0.6 is 0 Å². The number of hydrogen-bond acceptors (Lipinski definition) is 6. The van der Waals surface area contributed by atoms with Crippen LogP contribution in [-0.4, -0.2) is 24.5 Å². The number of benzene rings is 2. The Labute approximate surface area is 155 Å². The van der Waals surface area contributed by atoms with Crippen LogP contribution in [0.25, 0.3) is 11.3 Å². The van der Waals surface area contributed by atoms with Gasteiger partial charge in [0.1, 0.15) is 11.4 Å². The molecule has 0 saturated heterocycles. The van der Waals surface area contributed by atoms with Gasteiger partial charge in [-0.05, 0) is 42.8 Å². The Kier molecular flexibility index (Phi) is 4.65. The highest BCUT2D eigenvalue weighted by Crippen LogP contribution is 2.35. The standard InChI is InChI=1S/C20H18N2O5/c1-13-3-2-4-16(7-13)24-11-20(23)21-10-15-9-18(27-22-15)14-5-6-17-19(8-14)26-12-25-17/h2-9H,10-12H2,1H3,(H,21,23). The molecule has 1 aromatic heterocycles. The van der Waals surface area contributed by atoms with Crippen molar-refractivity contribution in [3.63, 3.8) is 0 Å². The van der Waals surface area contributed by atoms with Crippen molar-refractivity contribution >= 4 is 5.91 Å². The molecule has 0 fully saturated rings. The molecule has 4 rings (SSSR count). The van der Waals surface area contributed by atoms with Gasteiger partial charge in [0.05, 0.1) is 6.54 Å². The van der Waals surface area contributed by atoms with Crippen LogP contribution in [0.1, 0.15) is 11.3 Å². The predicted octanol–water partition coefficient (Wildman–Crippen LogP) is 3.07. The van der Waals surface area contributed by atoms with Crippen LogP contribution in [0.3, 0.4) is 0 Å². The largest absolute Gasteiger partial charge is 0.484 e. The molecule has 3 aromatic rings. The second-order valence-electron chi connectivity index (χ2n) is 6.13. The van der Waals surface area contributed by atoms with Gasteiger partial charge in [-0.15, -0.1) is 0 Å². The summed E-state index contributed by atoms with van der Waals surface area (Å²) in [6.07, 6.45) is 0. The Balaban J connectivity index is 1.31. The normalized spacial score (nSPS) is 12.0. The molecular formula is C20H18N2O5. The van der Waals surface area contributed by atoms with Crippen LogP contribution in [0, 0.1) is 6.92 Å². The van der Waals surface area contributed by atoms with Crippen LogP contribution in [0.2, 0.25) is 0 Å². The lowest BCUT2D eigenvalue weighted by Gasteiger charge is -2.06. The minimum absolute atomic E-state index is 0.0592. The third-order valence-corrected chi connectivity index (χ3v) is 4.04. The minimum atomic E-state index is -0.232. The molecule has 1 N–H and O–H groups in total. The van der Waals surface area contributed by atoms with Crippen molar-refractivity contribution in [1.82, 2.24) is 10.5 Å². The Morgan fingerprint density at radius 2 is 2.04 bits per heavy atom. The first kappa shape index (κ1) is 17.0. The zero-order valence-electron chi connectivity index (χ0n) is 14.7. The fourth-order valence-corrected chi connectivity index (χ4v) is 2.68. The highest BCUT2D eigenvalue weighted by molar-refractivity contribution is 5.77. The third-order valence-electron chi connectivity index (χ3n) is 4.04. The lowest BCUT2D eigenvalue weighted by molar-refractivity contribution is -0.123. The maximum absolute atomic E-state index is 12.0. The summed E-state index contributed by atoms with van der Waals surface area (Å²) >= 11 is 0. The van der Waals surface area contributed by atoms with Crippen LogP contribution in [0.5, 0.6) is 17.2 Å². The molecule has 138 valence electrons. The van der Waals surface area contributed by atoms with Gasteiger partial charge in [-0.2, -0.15) is 0 Å². The van der Waals surface area contributed by atoms with Crippen LogP contribution in [0.4, 0.5) is 0 Å². The van der Waals surface area contributed by atoms with E-state index in [2.05, 4.69) is 10.5 Å². The van der Waals surface area contributed by atoms with E-state index in [9.17, 15) is 4.79 Å². The molecule has 2 heterocycles. The summed E-state index contributed by atoms with van der Waals surface area (Å²) in [5.41, 5.74) is 2.52. The highest BCUT2D eigenvalue weighted by Gasteiger charge is 2.16. The number of aromatic nitrogens is 1. The van der Waals surface area contributed by atoms with E-state index in [4.69, 9.17) is 18.7 Å². The summed E-state index contributed by atoms with van der Waals surface area (Å²) in [5, 5.41) is 6.74. The van der Waals surface area contributed by atoms with Gasteiger partial charge < -0.3 is 24.1 Å². The SMILES string of the molecule is Cc1cccc(OCC(=O)NCc2cc(-c3ccc4c(c3)OCO4)on2)c1. The van der Waals surface area contributed by atoms with Gasteiger partial charge in [-0.1, -0.05) is 17.3 Å². The number of carbonyl (C=O) groups is 1. The first-order valence-corrected chi connectivity index (χ1v) is 8.49. The fraction of sp³-hybridized carbons (Fsp3) is 0.200. The van der Waals surface area contributed by atoms with E-state index in [0.29, 0.717) is 28.7 Å². The topological polar surface area (TPSA) is 82.8 Å². The molecule has 1 amide bonds. The van der Waals surface area contributed by atoms with Gasteiger partial charge >= 0.3 is 0 Å². The molecule has 7 heteroatoms.